The van der Waals surface area contributed by atoms with Gasteiger partial charge in [0, 0.05) is 26.7 Å². The van der Waals surface area contributed by atoms with Gasteiger partial charge in [0.05, 0.1) is 63.9 Å². The number of aliphatic hydroxyl groups is 16. The van der Waals surface area contributed by atoms with Gasteiger partial charge in [0.1, 0.15) is 116 Å². The van der Waals surface area contributed by atoms with Gasteiger partial charge in [-0.3, -0.25) is 14.4 Å². The highest BCUT2D eigenvalue weighted by Gasteiger charge is 2.59. The highest BCUT2D eigenvalue weighted by atomic mass is 16.8. The van der Waals surface area contributed by atoms with Crippen molar-refractivity contribution in [3.8, 4) is 0 Å². The first-order valence-electron chi connectivity index (χ1n) is 38.9. The summed E-state index contributed by atoms with van der Waals surface area (Å²) in [5.41, 5.74) is 0. The van der Waals surface area contributed by atoms with Crippen molar-refractivity contribution in [3.63, 3.8) is 0 Å². The van der Waals surface area contributed by atoms with Gasteiger partial charge in [-0.15, -0.1) is 0 Å². The number of aliphatic hydroxyl groups excluding tert-OH is 16. The molecule has 5 aliphatic rings. The molecule has 0 aliphatic carbocycles. The molecule has 0 radical (unpaired) electrons. The minimum Gasteiger partial charge on any atom is -0.394 e. The van der Waals surface area contributed by atoms with Crippen molar-refractivity contribution in [1.29, 1.82) is 0 Å². The first-order valence-corrected chi connectivity index (χ1v) is 38.9. The number of rotatable bonds is 51. The van der Waals surface area contributed by atoms with Crippen LogP contribution < -0.4 is 16.0 Å². The topological polar surface area (TPSA) is 503 Å². The van der Waals surface area contributed by atoms with Crippen molar-refractivity contribution >= 4 is 17.7 Å². The Bertz CT molecular complexity index is 2400. The molecule has 32 nitrogen and oxygen atoms in total. The van der Waals surface area contributed by atoms with Crippen LogP contribution in [0, 0.1) is 0 Å². The lowest BCUT2D eigenvalue weighted by atomic mass is 9.88. The van der Waals surface area contributed by atoms with E-state index in [4.69, 9.17) is 47.4 Å². The molecule has 19 N–H and O–H groups in total. The second-order valence-electron chi connectivity index (χ2n) is 29.4. The van der Waals surface area contributed by atoms with Gasteiger partial charge in [0.25, 0.3) is 0 Å². The van der Waals surface area contributed by atoms with E-state index in [1.165, 1.54) is 116 Å². The molecule has 11 unspecified atom stereocenters. The SMILES string of the molecule is CCCCCCCCCCCCC/C=C/[C@@H](O)[C@H](CO[C@@H]1OC(CO)[C@@H](O[C@@H]2OC(CO)[C@H](O[C@@H]3OC(CO)[C@H](O)[C@H](O[C@@H]4OC(CO)[C@H](O)[C@H](O)C4O)C3NC(C)=O)[C@H](O[C@]3(C)CC(O)[C@@H](NC(C)=O)C(C(O)[C@H](O)CO)O3)C2O)[C@H](O)C1O)NC(=O)CCCCCCCCCCCCCCCCC. The molecular formula is C73H133N3O29. The fourth-order valence-electron chi connectivity index (χ4n) is 14.4. The highest BCUT2D eigenvalue weighted by Crippen LogP contribution is 2.41. The largest absolute Gasteiger partial charge is 0.394 e. The lowest BCUT2D eigenvalue weighted by Crippen LogP contribution is -2.71. The fourth-order valence-corrected chi connectivity index (χ4v) is 14.4. The van der Waals surface area contributed by atoms with E-state index in [9.17, 15) is 96.1 Å². The molecule has 5 rings (SSSR count). The summed E-state index contributed by atoms with van der Waals surface area (Å²) < 4.78 is 61.3. The van der Waals surface area contributed by atoms with Crippen LogP contribution in [0.25, 0.3) is 0 Å². The van der Waals surface area contributed by atoms with Crippen LogP contribution in [0.3, 0.4) is 0 Å². The second-order valence-corrected chi connectivity index (χ2v) is 29.4. The smallest absolute Gasteiger partial charge is 0.220 e. The summed E-state index contributed by atoms with van der Waals surface area (Å²) in [6, 6.07) is -4.37. The molecule has 0 saturated carbocycles. The van der Waals surface area contributed by atoms with Crippen molar-refractivity contribution in [2.75, 3.05) is 39.6 Å². The van der Waals surface area contributed by atoms with Crippen LogP contribution in [-0.4, -0.2) is 310 Å². The van der Waals surface area contributed by atoms with Gasteiger partial charge in [-0.05, 0) is 26.2 Å². The van der Waals surface area contributed by atoms with E-state index >= 15 is 0 Å². The summed E-state index contributed by atoms with van der Waals surface area (Å²) in [5.74, 6) is -4.22. The number of unbranched alkanes of at least 4 members (excludes halogenated alkanes) is 25. The third-order valence-corrected chi connectivity index (χ3v) is 20.5. The zero-order chi connectivity index (χ0) is 77.2. The Morgan fingerprint density at radius 3 is 1.45 bits per heavy atom. The molecule has 0 aromatic rings. The number of allylic oxidation sites excluding steroid dienone is 1. The number of nitrogens with one attached hydrogen (secondary N) is 3. The zero-order valence-electron chi connectivity index (χ0n) is 62.5. The van der Waals surface area contributed by atoms with Gasteiger partial charge in [0.15, 0.2) is 30.9 Å². The Morgan fingerprint density at radius 1 is 0.486 bits per heavy atom. The van der Waals surface area contributed by atoms with Gasteiger partial charge in [0.2, 0.25) is 17.7 Å². The number of hydrogen-bond donors (Lipinski definition) is 19. The fraction of sp³-hybridized carbons (Fsp3) is 0.932. The monoisotopic (exact) mass is 1520 g/mol. The van der Waals surface area contributed by atoms with Gasteiger partial charge < -0.3 is 145 Å². The van der Waals surface area contributed by atoms with Crippen molar-refractivity contribution in [3.05, 3.63) is 12.2 Å². The predicted octanol–water partition coefficient (Wildman–Crippen LogP) is -0.107. The maximum atomic E-state index is 13.6. The molecule has 5 saturated heterocycles. The molecule has 28 atom stereocenters. The quantitative estimate of drug-likeness (QED) is 0.0279. The Balaban J connectivity index is 1.37. The molecule has 5 heterocycles. The van der Waals surface area contributed by atoms with E-state index in [-0.39, 0.29) is 12.3 Å². The molecular weight excluding hydrogens is 1380 g/mol. The number of carbonyl (C=O) groups is 3. The number of amides is 3. The summed E-state index contributed by atoms with van der Waals surface area (Å²) in [4.78, 5) is 39.1. The third kappa shape index (κ3) is 29.6. The van der Waals surface area contributed by atoms with E-state index < -0.39 is 229 Å². The van der Waals surface area contributed by atoms with E-state index in [1.54, 1.807) is 6.08 Å². The maximum Gasteiger partial charge on any atom is 0.220 e. The average molecular weight is 1520 g/mol. The standard InChI is InChI=1S/C73H133N3O29/c1-6-8-10-12-14-16-18-20-21-23-25-27-29-31-33-35-53(87)76-45(46(84)34-32-30-28-26-24-22-19-17-15-13-11-9-7-2)42-96-70-62(94)60(92)64(51(40-80)99-70)101-72-63(95)68(105-73(5)36-47(85)54(74-43(3)82)67(104-73)56(88)48(86)37-77)65(52(41-81)100-72)102-69-55(75-44(4)83)66(58(90)50(39-79)97-69)103-71-61(93)59(91)57(89)49(38-78)98-71/h32,34,45-52,54-72,77-81,84-86,88-95H,6-31,33,35-42H2,1-5H3,(H,74,82)(H,75,83)(H,76,87)/b34-32+/t45-,46+,47?,48+,49?,50?,51?,52?,54+,55?,56?,57-,58-,59-,60+,61?,62?,63?,64+,65-,66+,67?,68+,69-,70+,71-,72-,73+/m0/s1. The van der Waals surface area contributed by atoms with E-state index in [1.807, 2.05) is 6.08 Å². The van der Waals surface area contributed by atoms with Crippen LogP contribution in [0.5, 0.6) is 0 Å². The van der Waals surface area contributed by atoms with Crippen LogP contribution >= 0.6 is 0 Å². The molecule has 5 fully saturated rings. The Morgan fingerprint density at radius 2 is 0.924 bits per heavy atom. The van der Waals surface area contributed by atoms with Crippen LogP contribution in [0.2, 0.25) is 0 Å². The Kier molecular flexibility index (Phi) is 43.7. The van der Waals surface area contributed by atoms with Crippen molar-refractivity contribution in [2.24, 2.45) is 0 Å². The molecule has 0 bridgehead atoms. The minimum absolute atomic E-state index is 0.164. The molecule has 3 amide bonds. The van der Waals surface area contributed by atoms with Gasteiger partial charge in [-0.25, -0.2) is 0 Å². The highest BCUT2D eigenvalue weighted by molar-refractivity contribution is 5.76. The van der Waals surface area contributed by atoms with Crippen LogP contribution in [0.1, 0.15) is 221 Å². The summed E-state index contributed by atoms with van der Waals surface area (Å²) in [5, 5.41) is 186. The Hall–Kier alpha value is -2.89. The molecule has 105 heavy (non-hydrogen) atoms. The van der Waals surface area contributed by atoms with Crippen molar-refractivity contribution in [2.45, 2.75) is 392 Å². The number of carbonyl (C=O) groups excluding carboxylic acids is 3. The molecule has 0 spiro atoms. The first kappa shape index (κ1) is 92.7. The van der Waals surface area contributed by atoms with Gasteiger partial charge in [-0.2, -0.15) is 0 Å². The lowest BCUT2D eigenvalue weighted by molar-refractivity contribution is -0.406. The molecule has 32 heteroatoms. The third-order valence-electron chi connectivity index (χ3n) is 20.5. The first-order chi connectivity index (χ1) is 50.3. The molecule has 0 aromatic heterocycles. The van der Waals surface area contributed by atoms with Crippen LogP contribution in [-0.2, 0) is 61.8 Å². The van der Waals surface area contributed by atoms with Gasteiger partial charge in [-0.1, -0.05) is 180 Å². The molecule has 0 aromatic carbocycles. The summed E-state index contributed by atoms with van der Waals surface area (Å²) >= 11 is 0. The van der Waals surface area contributed by atoms with Crippen LogP contribution in [0.15, 0.2) is 12.2 Å². The maximum absolute atomic E-state index is 13.6. The second kappa shape index (κ2) is 49.5. The zero-order valence-corrected chi connectivity index (χ0v) is 62.5. The average Bonchev–Trinajstić information content (AvgIpc) is 0.758. The van der Waals surface area contributed by atoms with Crippen LogP contribution in [0.4, 0.5) is 0 Å². The molecule has 614 valence electrons. The van der Waals surface area contributed by atoms with Gasteiger partial charge >= 0.3 is 0 Å². The summed E-state index contributed by atoms with van der Waals surface area (Å²) in [7, 11) is 0. The number of hydrogen-bond acceptors (Lipinski definition) is 29. The Labute approximate surface area is 618 Å². The normalized spacial score (nSPS) is 35.1. The number of ether oxygens (including phenoxy) is 10. The predicted molar refractivity (Wildman–Crippen MR) is 376 cm³/mol. The van der Waals surface area contributed by atoms with E-state index in [0.29, 0.717) is 12.8 Å². The molecule has 5 aliphatic heterocycles. The van der Waals surface area contributed by atoms with E-state index in [2.05, 4.69) is 29.8 Å². The summed E-state index contributed by atoms with van der Waals surface area (Å²) in [6.45, 7) is 2.24. The lowest BCUT2D eigenvalue weighted by Gasteiger charge is -2.53. The minimum atomic E-state index is -2.30. The summed E-state index contributed by atoms with van der Waals surface area (Å²) in [6.07, 6.45) is -11.8. The van der Waals surface area contributed by atoms with Crippen molar-refractivity contribution in [1.82, 2.24) is 16.0 Å². The van der Waals surface area contributed by atoms with Crippen molar-refractivity contribution < 1.29 is 143 Å². The van der Waals surface area contributed by atoms with E-state index in [0.717, 1.165) is 65.2 Å².